The van der Waals surface area contributed by atoms with E-state index < -0.39 is 0 Å². The molecule has 1 N–H and O–H groups in total. The number of nitrogens with zero attached hydrogens (tertiary/aromatic N) is 3. The molecule has 146 valence electrons. The third kappa shape index (κ3) is 3.33. The lowest BCUT2D eigenvalue weighted by molar-refractivity contribution is 0.0916. The lowest BCUT2D eigenvalue weighted by atomic mass is 10.1. The molecule has 3 aliphatic rings. The molecule has 5 rings (SSSR count). The average Bonchev–Trinajstić information content (AvgIpc) is 3.00. The topological polar surface area (TPSA) is 57.7 Å². The number of pyridine rings is 1. The highest BCUT2D eigenvalue weighted by atomic mass is 16.6. The van der Waals surface area contributed by atoms with Gasteiger partial charge in [-0.25, -0.2) is 9.78 Å². The number of carbonyl (C=O) groups excluding carboxylic acids is 1. The smallest absolute Gasteiger partial charge is 0.410 e. The molecule has 2 unspecified atom stereocenters. The lowest BCUT2D eigenvalue weighted by Gasteiger charge is -2.37. The summed E-state index contributed by atoms with van der Waals surface area (Å²) in [5.41, 5.74) is 3.27. The quantitative estimate of drug-likeness (QED) is 0.890. The van der Waals surface area contributed by atoms with Gasteiger partial charge in [-0.2, -0.15) is 0 Å². The Morgan fingerprint density at radius 1 is 1.11 bits per heavy atom. The van der Waals surface area contributed by atoms with Crippen LogP contribution in [0.2, 0.25) is 0 Å². The van der Waals surface area contributed by atoms with E-state index in [2.05, 4.69) is 22.3 Å². The number of rotatable bonds is 3. The van der Waals surface area contributed by atoms with Gasteiger partial charge in [0, 0.05) is 43.8 Å². The van der Waals surface area contributed by atoms with Gasteiger partial charge < -0.3 is 19.9 Å². The Balaban J connectivity index is 1.24. The largest absolute Gasteiger partial charge is 0.445 e. The van der Waals surface area contributed by atoms with Gasteiger partial charge in [0.1, 0.15) is 12.4 Å². The monoisotopic (exact) mass is 378 g/mol. The molecule has 2 bridgehead atoms. The molecule has 1 aromatic carbocycles. The number of hydrogen-bond acceptors (Lipinski definition) is 5. The molecule has 2 atom stereocenters. The molecule has 2 aromatic rings. The normalized spacial score (nSPS) is 23.4. The van der Waals surface area contributed by atoms with E-state index in [4.69, 9.17) is 9.72 Å². The number of nitrogens with one attached hydrogen (secondary N) is 1. The minimum Gasteiger partial charge on any atom is -0.445 e. The molecule has 2 fully saturated rings. The van der Waals surface area contributed by atoms with Crippen molar-refractivity contribution >= 4 is 11.9 Å². The van der Waals surface area contributed by atoms with E-state index >= 15 is 0 Å². The van der Waals surface area contributed by atoms with Crippen LogP contribution in [-0.2, 0) is 24.3 Å². The van der Waals surface area contributed by atoms with Crippen molar-refractivity contribution in [3.05, 3.63) is 59.3 Å². The maximum Gasteiger partial charge on any atom is 0.410 e. The van der Waals surface area contributed by atoms with Crippen LogP contribution in [-0.4, -0.2) is 47.7 Å². The van der Waals surface area contributed by atoms with Crippen molar-refractivity contribution in [3.63, 3.8) is 0 Å². The molecule has 6 nitrogen and oxygen atoms in total. The first kappa shape index (κ1) is 17.5. The van der Waals surface area contributed by atoms with Gasteiger partial charge in [0.25, 0.3) is 0 Å². The SMILES string of the molecule is O=C(OCc1ccccc1)N1CCc2nc(N3C4CCC3CNC4)ccc2C1. The third-order valence-corrected chi connectivity index (χ3v) is 6.14. The van der Waals surface area contributed by atoms with Crippen LogP contribution in [0.1, 0.15) is 29.7 Å². The number of fused-ring (bicyclic) bond motifs is 3. The summed E-state index contributed by atoms with van der Waals surface area (Å²) in [7, 11) is 0. The Labute approximate surface area is 165 Å². The minimum atomic E-state index is -0.251. The number of anilines is 1. The highest BCUT2D eigenvalue weighted by Gasteiger charge is 2.37. The summed E-state index contributed by atoms with van der Waals surface area (Å²) in [6.07, 6.45) is 3.03. The molecule has 2 saturated heterocycles. The summed E-state index contributed by atoms with van der Waals surface area (Å²) >= 11 is 0. The average molecular weight is 378 g/mol. The van der Waals surface area contributed by atoms with Crippen LogP contribution in [0.5, 0.6) is 0 Å². The Morgan fingerprint density at radius 2 is 1.89 bits per heavy atom. The minimum absolute atomic E-state index is 0.251. The number of amides is 1. The van der Waals surface area contributed by atoms with Crippen molar-refractivity contribution in [3.8, 4) is 0 Å². The standard InChI is InChI=1S/C22H26N4O2/c27-22(28-15-16-4-2-1-3-5-16)25-11-10-20-17(14-25)6-9-21(24-20)26-18-7-8-19(26)13-23-12-18/h1-6,9,18-19,23H,7-8,10-15H2. The number of ether oxygens (including phenoxy) is 1. The van der Waals surface area contributed by atoms with E-state index in [9.17, 15) is 4.79 Å². The van der Waals surface area contributed by atoms with Crippen molar-refractivity contribution in [1.82, 2.24) is 15.2 Å². The van der Waals surface area contributed by atoms with Crippen molar-refractivity contribution in [2.24, 2.45) is 0 Å². The molecule has 28 heavy (non-hydrogen) atoms. The molecule has 6 heteroatoms. The lowest BCUT2D eigenvalue weighted by Crippen LogP contribution is -2.52. The van der Waals surface area contributed by atoms with Crippen LogP contribution >= 0.6 is 0 Å². The predicted octanol–water partition coefficient (Wildman–Crippen LogP) is 2.72. The van der Waals surface area contributed by atoms with Gasteiger partial charge in [0.2, 0.25) is 0 Å². The molecule has 0 saturated carbocycles. The van der Waals surface area contributed by atoms with Crippen molar-refractivity contribution in [2.75, 3.05) is 24.5 Å². The molecule has 3 aliphatic heterocycles. The molecule has 0 aliphatic carbocycles. The van der Waals surface area contributed by atoms with Crippen LogP contribution in [0.25, 0.3) is 0 Å². The molecule has 0 spiro atoms. The zero-order valence-corrected chi connectivity index (χ0v) is 16.0. The molecular formula is C22H26N4O2. The van der Waals surface area contributed by atoms with E-state index in [1.54, 1.807) is 4.90 Å². The molecular weight excluding hydrogens is 352 g/mol. The number of piperazine rings is 1. The van der Waals surface area contributed by atoms with Gasteiger partial charge in [0.15, 0.2) is 0 Å². The second-order valence-corrected chi connectivity index (χ2v) is 7.94. The summed E-state index contributed by atoms with van der Waals surface area (Å²) in [4.78, 5) is 21.7. The van der Waals surface area contributed by atoms with Gasteiger partial charge in [0.05, 0.1) is 6.54 Å². The van der Waals surface area contributed by atoms with Crippen LogP contribution in [0.4, 0.5) is 10.6 Å². The predicted molar refractivity (Wildman–Crippen MR) is 107 cm³/mol. The zero-order valence-electron chi connectivity index (χ0n) is 16.0. The zero-order chi connectivity index (χ0) is 18.9. The van der Waals surface area contributed by atoms with Crippen LogP contribution < -0.4 is 10.2 Å². The van der Waals surface area contributed by atoms with Gasteiger partial charge >= 0.3 is 6.09 Å². The summed E-state index contributed by atoms with van der Waals surface area (Å²) in [5, 5.41) is 3.52. The van der Waals surface area contributed by atoms with Crippen molar-refractivity contribution < 1.29 is 9.53 Å². The first-order chi connectivity index (χ1) is 13.8. The highest BCUT2D eigenvalue weighted by molar-refractivity contribution is 5.68. The Bertz CT molecular complexity index is 841. The van der Waals surface area contributed by atoms with Gasteiger partial charge in [-0.1, -0.05) is 36.4 Å². The molecule has 0 radical (unpaired) electrons. The fourth-order valence-electron chi connectivity index (χ4n) is 4.67. The van der Waals surface area contributed by atoms with E-state index in [-0.39, 0.29) is 6.09 Å². The van der Waals surface area contributed by atoms with Crippen molar-refractivity contribution in [1.29, 1.82) is 0 Å². The first-order valence-electron chi connectivity index (χ1n) is 10.2. The second-order valence-electron chi connectivity index (χ2n) is 7.94. The number of hydrogen-bond donors (Lipinski definition) is 1. The Kier molecular flexibility index (Phi) is 4.64. The maximum atomic E-state index is 12.5. The Morgan fingerprint density at radius 3 is 2.68 bits per heavy atom. The third-order valence-electron chi connectivity index (χ3n) is 6.14. The number of aromatic nitrogens is 1. The highest BCUT2D eigenvalue weighted by Crippen LogP contribution is 2.32. The first-order valence-corrected chi connectivity index (χ1v) is 10.2. The summed E-state index contributed by atoms with van der Waals surface area (Å²) in [5.74, 6) is 1.10. The van der Waals surface area contributed by atoms with E-state index in [1.807, 2.05) is 30.3 Å². The van der Waals surface area contributed by atoms with Crippen molar-refractivity contribution in [2.45, 2.75) is 44.5 Å². The summed E-state index contributed by atoms with van der Waals surface area (Å²) in [6.45, 7) is 3.65. The van der Waals surface area contributed by atoms with E-state index in [0.717, 1.165) is 42.1 Å². The fraction of sp³-hybridized carbons (Fsp3) is 0.455. The van der Waals surface area contributed by atoms with Crippen LogP contribution in [0, 0.1) is 0 Å². The number of carbonyl (C=O) groups is 1. The molecule has 1 amide bonds. The van der Waals surface area contributed by atoms with E-state index in [0.29, 0.717) is 31.8 Å². The Hall–Kier alpha value is -2.60. The molecule has 1 aromatic heterocycles. The van der Waals surface area contributed by atoms with Crippen LogP contribution in [0.3, 0.4) is 0 Å². The maximum absolute atomic E-state index is 12.5. The number of benzene rings is 1. The van der Waals surface area contributed by atoms with Crippen LogP contribution in [0.15, 0.2) is 42.5 Å². The van der Waals surface area contributed by atoms with Gasteiger partial charge in [-0.15, -0.1) is 0 Å². The fourth-order valence-corrected chi connectivity index (χ4v) is 4.67. The molecule has 4 heterocycles. The summed E-state index contributed by atoms with van der Waals surface area (Å²) < 4.78 is 5.49. The van der Waals surface area contributed by atoms with E-state index in [1.165, 1.54) is 12.8 Å². The van der Waals surface area contributed by atoms with Gasteiger partial charge in [-0.3, -0.25) is 0 Å². The van der Waals surface area contributed by atoms with Gasteiger partial charge in [-0.05, 0) is 30.0 Å². The second kappa shape index (κ2) is 7.43. The summed E-state index contributed by atoms with van der Waals surface area (Å²) in [6, 6.07) is 15.2.